The summed E-state index contributed by atoms with van der Waals surface area (Å²) >= 11 is 0. The highest BCUT2D eigenvalue weighted by Gasteiger charge is 2.34. The summed E-state index contributed by atoms with van der Waals surface area (Å²) in [6, 6.07) is 5.10. The van der Waals surface area contributed by atoms with Gasteiger partial charge in [0.2, 0.25) is 10.0 Å². The molecule has 1 aliphatic carbocycles. The minimum absolute atomic E-state index is 0.0394. The molecule has 0 radical (unpaired) electrons. The quantitative estimate of drug-likeness (QED) is 0.774. The molecule has 4 rings (SSSR count). The van der Waals surface area contributed by atoms with Crippen LogP contribution in [0.25, 0.3) is 0 Å². The number of hydrogen-bond acceptors (Lipinski definition) is 4. The number of nitrogens with zero attached hydrogens (tertiary/aromatic N) is 2. The predicted molar refractivity (Wildman–Crippen MR) is 107 cm³/mol. The third-order valence-electron chi connectivity index (χ3n) is 6.60. The van der Waals surface area contributed by atoms with Crippen LogP contribution in [0, 0.1) is 18.8 Å². The summed E-state index contributed by atoms with van der Waals surface area (Å²) in [4.78, 5) is 15.3. The predicted octanol–water partition coefficient (Wildman–Crippen LogP) is 2.67. The average Bonchev–Trinajstić information content (AvgIpc) is 2.73. The first-order valence-corrected chi connectivity index (χ1v) is 11.9. The Labute approximate surface area is 167 Å². The molecule has 0 bridgehead atoms. The Kier molecular flexibility index (Phi) is 5.76. The van der Waals surface area contributed by atoms with Crippen LogP contribution in [0.15, 0.2) is 23.1 Å². The highest BCUT2D eigenvalue weighted by atomic mass is 32.2. The molecule has 154 valence electrons. The van der Waals surface area contributed by atoms with Crippen LogP contribution in [0.4, 0.5) is 0 Å². The van der Waals surface area contributed by atoms with Gasteiger partial charge in [-0.2, -0.15) is 4.31 Å². The highest BCUT2D eigenvalue weighted by Crippen LogP contribution is 2.36. The van der Waals surface area contributed by atoms with Gasteiger partial charge in [-0.1, -0.05) is 25.3 Å². The molecule has 1 amide bonds. The molecule has 1 saturated carbocycles. The van der Waals surface area contributed by atoms with Gasteiger partial charge >= 0.3 is 0 Å². The first-order chi connectivity index (χ1) is 13.5. The van der Waals surface area contributed by atoms with Crippen molar-refractivity contribution in [1.82, 2.24) is 9.21 Å². The van der Waals surface area contributed by atoms with Gasteiger partial charge in [0.15, 0.2) is 0 Å². The number of carbonyl (C=O) groups is 1. The fourth-order valence-corrected chi connectivity index (χ4v) is 6.56. The van der Waals surface area contributed by atoms with E-state index in [2.05, 4.69) is 0 Å². The summed E-state index contributed by atoms with van der Waals surface area (Å²) in [6.07, 6.45) is 6.14. The number of sulfonamides is 1. The van der Waals surface area contributed by atoms with E-state index in [4.69, 9.17) is 4.74 Å². The molecule has 0 aromatic heterocycles. The zero-order valence-corrected chi connectivity index (χ0v) is 17.4. The molecule has 2 saturated heterocycles. The maximum absolute atomic E-state index is 13.1. The summed E-state index contributed by atoms with van der Waals surface area (Å²) in [6.45, 7) is 4.90. The molecule has 6 nitrogen and oxygen atoms in total. The normalized spacial score (nSPS) is 26.7. The van der Waals surface area contributed by atoms with E-state index in [1.807, 2.05) is 4.90 Å². The number of piperidine rings is 1. The van der Waals surface area contributed by atoms with Crippen LogP contribution in [-0.4, -0.2) is 62.9 Å². The molecule has 3 fully saturated rings. The van der Waals surface area contributed by atoms with Crippen molar-refractivity contribution in [3.63, 3.8) is 0 Å². The SMILES string of the molecule is Cc1ccc(C(=O)N2CCC3CCCCC3C2)cc1S(=O)(=O)N1CCOCC1. The van der Waals surface area contributed by atoms with Crippen LogP contribution in [0.2, 0.25) is 0 Å². The number of likely N-dealkylation sites (tertiary alicyclic amines) is 1. The van der Waals surface area contributed by atoms with Crippen molar-refractivity contribution in [2.75, 3.05) is 39.4 Å². The van der Waals surface area contributed by atoms with Crippen molar-refractivity contribution >= 4 is 15.9 Å². The second kappa shape index (κ2) is 8.13. The molecule has 1 aromatic carbocycles. The van der Waals surface area contributed by atoms with Crippen molar-refractivity contribution in [2.24, 2.45) is 11.8 Å². The number of aryl methyl sites for hydroxylation is 1. The van der Waals surface area contributed by atoms with Gasteiger partial charge in [0.1, 0.15) is 0 Å². The fraction of sp³-hybridized carbons (Fsp3) is 0.667. The van der Waals surface area contributed by atoms with Crippen molar-refractivity contribution in [2.45, 2.75) is 43.9 Å². The van der Waals surface area contributed by atoms with Gasteiger partial charge in [-0.15, -0.1) is 0 Å². The molecule has 0 N–H and O–H groups in total. The van der Waals surface area contributed by atoms with Gasteiger partial charge in [-0.3, -0.25) is 4.79 Å². The molecule has 2 aliphatic heterocycles. The topological polar surface area (TPSA) is 66.9 Å². The molecule has 1 aromatic rings. The summed E-state index contributed by atoms with van der Waals surface area (Å²) < 4.78 is 32.9. The minimum Gasteiger partial charge on any atom is -0.379 e. The lowest BCUT2D eigenvalue weighted by Gasteiger charge is -2.41. The number of rotatable bonds is 3. The Morgan fingerprint density at radius 3 is 2.50 bits per heavy atom. The number of benzene rings is 1. The monoisotopic (exact) mass is 406 g/mol. The number of hydrogen-bond donors (Lipinski definition) is 0. The van der Waals surface area contributed by atoms with Crippen molar-refractivity contribution in [3.8, 4) is 0 Å². The van der Waals surface area contributed by atoms with Gasteiger partial charge in [0.05, 0.1) is 18.1 Å². The molecule has 0 spiro atoms. The van der Waals surface area contributed by atoms with Crippen LogP contribution in [0.5, 0.6) is 0 Å². The number of carbonyl (C=O) groups excluding carboxylic acids is 1. The molecule has 7 heteroatoms. The summed E-state index contributed by atoms with van der Waals surface area (Å²) in [5.41, 5.74) is 1.15. The van der Waals surface area contributed by atoms with Crippen molar-refractivity contribution in [3.05, 3.63) is 29.3 Å². The molecule has 2 heterocycles. The number of fused-ring (bicyclic) bond motifs is 1. The second-order valence-corrected chi connectivity index (χ2v) is 10.2. The second-order valence-electron chi connectivity index (χ2n) is 8.34. The molecule has 2 unspecified atom stereocenters. The third-order valence-corrected chi connectivity index (χ3v) is 8.64. The average molecular weight is 407 g/mol. The van der Waals surface area contributed by atoms with E-state index in [0.717, 1.165) is 25.4 Å². The lowest BCUT2D eigenvalue weighted by molar-refractivity contribution is 0.0520. The molecule has 3 aliphatic rings. The zero-order valence-electron chi connectivity index (χ0n) is 16.6. The summed E-state index contributed by atoms with van der Waals surface area (Å²) in [5.74, 6) is 1.32. The molecular weight excluding hydrogens is 376 g/mol. The van der Waals surface area contributed by atoms with E-state index in [1.165, 1.54) is 30.0 Å². The van der Waals surface area contributed by atoms with Gasteiger partial charge in [-0.25, -0.2) is 8.42 Å². The number of ether oxygens (including phenoxy) is 1. The Morgan fingerprint density at radius 1 is 1.04 bits per heavy atom. The smallest absolute Gasteiger partial charge is 0.253 e. The summed E-state index contributed by atoms with van der Waals surface area (Å²) in [7, 11) is -3.62. The largest absolute Gasteiger partial charge is 0.379 e. The first-order valence-electron chi connectivity index (χ1n) is 10.4. The van der Waals surface area contributed by atoms with E-state index in [1.54, 1.807) is 25.1 Å². The van der Waals surface area contributed by atoms with Crippen LogP contribution < -0.4 is 0 Å². The standard InChI is InChI=1S/C21H30N2O4S/c1-16-6-7-18(14-20(16)28(25,26)23-10-12-27-13-11-23)21(24)22-9-8-17-4-2-3-5-19(17)15-22/h6-7,14,17,19H,2-5,8-13,15H2,1H3. The Morgan fingerprint density at radius 2 is 1.75 bits per heavy atom. The summed E-state index contributed by atoms with van der Waals surface area (Å²) in [5, 5.41) is 0. The Hall–Kier alpha value is -1.44. The minimum atomic E-state index is -3.62. The van der Waals surface area contributed by atoms with Crippen LogP contribution in [-0.2, 0) is 14.8 Å². The molecular formula is C21H30N2O4S. The van der Waals surface area contributed by atoms with Crippen molar-refractivity contribution < 1.29 is 17.9 Å². The number of morpholine rings is 1. The maximum atomic E-state index is 13.1. The highest BCUT2D eigenvalue weighted by molar-refractivity contribution is 7.89. The van der Waals surface area contributed by atoms with E-state index in [9.17, 15) is 13.2 Å². The molecule has 2 atom stereocenters. The van der Waals surface area contributed by atoms with E-state index >= 15 is 0 Å². The molecule has 28 heavy (non-hydrogen) atoms. The number of amides is 1. The fourth-order valence-electron chi connectivity index (χ4n) is 4.90. The van der Waals surface area contributed by atoms with Gasteiger partial charge in [-0.05, 0) is 49.3 Å². The van der Waals surface area contributed by atoms with Crippen molar-refractivity contribution in [1.29, 1.82) is 0 Å². The van der Waals surface area contributed by atoms with Gasteiger partial charge in [0, 0.05) is 31.7 Å². The lowest BCUT2D eigenvalue weighted by Crippen LogP contribution is -2.45. The zero-order chi connectivity index (χ0) is 19.7. The van der Waals surface area contributed by atoms with E-state index in [-0.39, 0.29) is 10.8 Å². The van der Waals surface area contributed by atoms with Gasteiger partial charge in [0.25, 0.3) is 5.91 Å². The Balaban J connectivity index is 1.55. The van der Waals surface area contributed by atoms with Crippen LogP contribution in [0.1, 0.15) is 48.0 Å². The van der Waals surface area contributed by atoms with Crippen LogP contribution >= 0.6 is 0 Å². The first kappa shape index (κ1) is 19.9. The van der Waals surface area contributed by atoms with E-state index < -0.39 is 10.0 Å². The Bertz CT molecular complexity index is 833. The lowest BCUT2D eigenvalue weighted by atomic mass is 9.75. The van der Waals surface area contributed by atoms with Crippen LogP contribution in [0.3, 0.4) is 0 Å². The van der Waals surface area contributed by atoms with E-state index in [0.29, 0.717) is 43.3 Å². The maximum Gasteiger partial charge on any atom is 0.253 e. The van der Waals surface area contributed by atoms with Gasteiger partial charge < -0.3 is 9.64 Å². The third kappa shape index (κ3) is 3.84.